The zero-order valence-electron chi connectivity index (χ0n) is 14.7. The van der Waals surface area contributed by atoms with Crippen LogP contribution in [0.4, 0.5) is 0 Å². The number of hydrogen-bond acceptors (Lipinski definition) is 4. The van der Waals surface area contributed by atoms with E-state index in [1.165, 1.54) is 0 Å². The van der Waals surface area contributed by atoms with E-state index in [9.17, 15) is 14.7 Å². The van der Waals surface area contributed by atoms with Crippen molar-refractivity contribution in [3.8, 4) is 0 Å². The summed E-state index contributed by atoms with van der Waals surface area (Å²) in [6, 6.07) is 9.19. The minimum Gasteiger partial charge on any atom is -0.481 e. The van der Waals surface area contributed by atoms with Crippen LogP contribution in [0.25, 0.3) is 0 Å². The summed E-state index contributed by atoms with van der Waals surface area (Å²) in [7, 11) is 2.02. The van der Waals surface area contributed by atoms with E-state index in [4.69, 9.17) is 0 Å². The molecule has 1 fully saturated rings. The molecule has 0 aliphatic carbocycles. The molecule has 0 saturated carbocycles. The van der Waals surface area contributed by atoms with Gasteiger partial charge in [-0.25, -0.2) is 0 Å². The number of aliphatic carboxylic acids is 1. The maximum atomic E-state index is 13.1. The first-order valence-electron chi connectivity index (χ1n) is 8.84. The first-order valence-corrected chi connectivity index (χ1v) is 8.84. The van der Waals surface area contributed by atoms with Gasteiger partial charge >= 0.3 is 5.97 Å². The number of likely N-dealkylation sites (N-methyl/N-ethyl adjacent to an activating group) is 1. The van der Waals surface area contributed by atoms with Crippen LogP contribution in [-0.4, -0.2) is 63.7 Å². The third-order valence-electron chi connectivity index (χ3n) is 5.62. The summed E-state index contributed by atoms with van der Waals surface area (Å²) in [4.78, 5) is 28.9. The number of H-pyrrole nitrogens is 1. The van der Waals surface area contributed by atoms with Crippen molar-refractivity contribution in [3.05, 3.63) is 52.8 Å². The number of fused-ring (bicyclic) bond motifs is 1. The number of rotatable bonds is 3. The van der Waals surface area contributed by atoms with E-state index in [2.05, 4.69) is 15.1 Å². The van der Waals surface area contributed by atoms with Crippen LogP contribution in [0.1, 0.15) is 33.7 Å². The highest BCUT2D eigenvalue weighted by atomic mass is 16.4. The van der Waals surface area contributed by atoms with Gasteiger partial charge in [-0.2, -0.15) is 5.10 Å². The van der Waals surface area contributed by atoms with Gasteiger partial charge in [0.15, 0.2) is 5.69 Å². The summed E-state index contributed by atoms with van der Waals surface area (Å²) in [5.41, 5.74) is 2.08. The van der Waals surface area contributed by atoms with Crippen molar-refractivity contribution in [1.29, 1.82) is 0 Å². The number of likely N-dealkylation sites (tertiary alicyclic amines) is 1. The van der Waals surface area contributed by atoms with E-state index in [0.29, 0.717) is 25.2 Å². The Kier molecular flexibility index (Phi) is 4.03. The Morgan fingerprint density at radius 2 is 2.00 bits per heavy atom. The SMILES string of the molecule is CN1CCc2[nH]nc(C(=O)N3CCC(C(=O)O)(c4ccccc4)C3)c2C1. The predicted molar refractivity (Wildman–Crippen MR) is 94.9 cm³/mol. The maximum Gasteiger partial charge on any atom is 0.316 e. The fraction of sp³-hybridized carbons (Fsp3) is 0.421. The summed E-state index contributed by atoms with van der Waals surface area (Å²) in [6.07, 6.45) is 1.25. The molecule has 2 aliphatic heterocycles. The van der Waals surface area contributed by atoms with Crippen LogP contribution >= 0.6 is 0 Å². The van der Waals surface area contributed by atoms with Crippen molar-refractivity contribution in [3.63, 3.8) is 0 Å². The number of nitrogens with zero attached hydrogens (tertiary/aromatic N) is 3. The standard InChI is InChI=1S/C19H22N4O3/c1-22-9-7-15-14(11-22)16(21-20-15)17(24)23-10-8-19(12-23,18(25)26)13-5-3-2-4-6-13/h2-6H,7-12H2,1H3,(H,20,21)(H,25,26). The lowest BCUT2D eigenvalue weighted by Crippen LogP contribution is -2.40. The van der Waals surface area contributed by atoms with E-state index >= 15 is 0 Å². The number of carboxylic acid groups (broad SMARTS) is 1. The fourth-order valence-electron chi connectivity index (χ4n) is 4.03. The minimum atomic E-state index is -1.05. The molecule has 1 amide bonds. The second-order valence-corrected chi connectivity index (χ2v) is 7.25. The first-order chi connectivity index (χ1) is 12.5. The second kappa shape index (κ2) is 6.25. The number of benzene rings is 1. The Hall–Kier alpha value is -2.67. The van der Waals surface area contributed by atoms with E-state index in [0.717, 1.165) is 29.8 Å². The van der Waals surface area contributed by atoms with Gasteiger partial charge in [-0.1, -0.05) is 30.3 Å². The highest BCUT2D eigenvalue weighted by Gasteiger charge is 2.48. The number of nitrogens with one attached hydrogen (secondary N) is 1. The molecule has 0 bridgehead atoms. The molecule has 1 aromatic carbocycles. The number of hydrogen-bond donors (Lipinski definition) is 2. The van der Waals surface area contributed by atoms with Gasteiger partial charge in [-0.3, -0.25) is 14.7 Å². The summed E-state index contributed by atoms with van der Waals surface area (Å²) >= 11 is 0. The van der Waals surface area contributed by atoms with Crippen molar-refractivity contribution >= 4 is 11.9 Å². The lowest BCUT2D eigenvalue weighted by atomic mass is 9.80. The molecule has 1 saturated heterocycles. The zero-order chi connectivity index (χ0) is 18.3. The normalized spacial score (nSPS) is 23.0. The Morgan fingerprint density at radius 3 is 2.73 bits per heavy atom. The van der Waals surface area contributed by atoms with Crippen LogP contribution < -0.4 is 0 Å². The van der Waals surface area contributed by atoms with Gasteiger partial charge in [0.25, 0.3) is 5.91 Å². The molecule has 0 spiro atoms. The van der Waals surface area contributed by atoms with Crippen molar-refractivity contribution in [2.75, 3.05) is 26.7 Å². The third kappa shape index (κ3) is 2.59. The van der Waals surface area contributed by atoms with Gasteiger partial charge < -0.3 is 14.9 Å². The van der Waals surface area contributed by atoms with E-state index in [-0.39, 0.29) is 12.5 Å². The van der Waals surface area contributed by atoms with Crippen LogP contribution in [0.2, 0.25) is 0 Å². The van der Waals surface area contributed by atoms with Crippen molar-refractivity contribution < 1.29 is 14.7 Å². The number of aromatic amines is 1. The van der Waals surface area contributed by atoms with Gasteiger partial charge in [-0.15, -0.1) is 0 Å². The quantitative estimate of drug-likeness (QED) is 0.866. The van der Waals surface area contributed by atoms with E-state index < -0.39 is 11.4 Å². The minimum absolute atomic E-state index is 0.169. The van der Waals surface area contributed by atoms with E-state index in [1.807, 2.05) is 37.4 Å². The molecule has 4 rings (SSSR count). The van der Waals surface area contributed by atoms with Gasteiger partial charge in [0.05, 0.1) is 0 Å². The lowest BCUT2D eigenvalue weighted by Gasteiger charge is -2.26. The molecule has 136 valence electrons. The molecule has 0 radical (unpaired) electrons. The molecular formula is C19H22N4O3. The highest BCUT2D eigenvalue weighted by molar-refractivity contribution is 5.95. The third-order valence-corrected chi connectivity index (χ3v) is 5.62. The molecular weight excluding hydrogens is 332 g/mol. The highest BCUT2D eigenvalue weighted by Crippen LogP contribution is 2.36. The summed E-state index contributed by atoms with van der Waals surface area (Å²) < 4.78 is 0. The molecule has 7 heteroatoms. The molecule has 2 N–H and O–H groups in total. The Labute approximate surface area is 151 Å². The molecule has 1 aromatic heterocycles. The smallest absolute Gasteiger partial charge is 0.316 e. The van der Waals surface area contributed by atoms with Gasteiger partial charge in [0, 0.05) is 43.9 Å². The molecule has 3 heterocycles. The molecule has 1 atom stereocenters. The lowest BCUT2D eigenvalue weighted by molar-refractivity contribution is -0.143. The summed E-state index contributed by atoms with van der Waals surface area (Å²) in [5, 5.41) is 17.1. The van der Waals surface area contributed by atoms with Crippen molar-refractivity contribution in [2.24, 2.45) is 0 Å². The Morgan fingerprint density at radius 1 is 1.23 bits per heavy atom. The second-order valence-electron chi connectivity index (χ2n) is 7.25. The van der Waals surface area contributed by atoms with Crippen LogP contribution in [0.5, 0.6) is 0 Å². The first kappa shape index (κ1) is 16.8. The van der Waals surface area contributed by atoms with Gasteiger partial charge in [-0.05, 0) is 19.0 Å². The Bertz CT molecular complexity index is 848. The van der Waals surface area contributed by atoms with Crippen LogP contribution in [0.15, 0.2) is 30.3 Å². The van der Waals surface area contributed by atoms with Crippen molar-refractivity contribution in [1.82, 2.24) is 20.0 Å². The number of carboxylic acids is 1. The van der Waals surface area contributed by atoms with Crippen LogP contribution in [0, 0.1) is 0 Å². The van der Waals surface area contributed by atoms with Gasteiger partial charge in [0.1, 0.15) is 5.41 Å². The van der Waals surface area contributed by atoms with Crippen LogP contribution in [-0.2, 0) is 23.2 Å². The van der Waals surface area contributed by atoms with Crippen LogP contribution in [0.3, 0.4) is 0 Å². The monoisotopic (exact) mass is 354 g/mol. The van der Waals surface area contributed by atoms with E-state index in [1.54, 1.807) is 4.90 Å². The van der Waals surface area contributed by atoms with Gasteiger partial charge in [0.2, 0.25) is 0 Å². The molecule has 1 unspecified atom stereocenters. The Balaban J connectivity index is 1.62. The summed E-state index contributed by atoms with van der Waals surface area (Å²) in [6.45, 7) is 2.20. The molecule has 7 nitrogen and oxygen atoms in total. The van der Waals surface area contributed by atoms with Crippen molar-refractivity contribution in [2.45, 2.75) is 24.8 Å². The topological polar surface area (TPSA) is 89.5 Å². The molecule has 2 aromatic rings. The molecule has 26 heavy (non-hydrogen) atoms. The summed E-state index contributed by atoms with van der Waals surface area (Å²) in [5.74, 6) is -1.07. The average Bonchev–Trinajstić information content (AvgIpc) is 3.27. The largest absolute Gasteiger partial charge is 0.481 e. The molecule has 2 aliphatic rings. The number of aromatic nitrogens is 2. The predicted octanol–water partition coefficient (Wildman–Crippen LogP) is 1.27. The number of carbonyl (C=O) groups is 2. The average molecular weight is 354 g/mol. The number of carbonyl (C=O) groups excluding carboxylic acids is 1. The number of amides is 1. The maximum absolute atomic E-state index is 13.1. The zero-order valence-corrected chi connectivity index (χ0v) is 14.7. The fourth-order valence-corrected chi connectivity index (χ4v) is 4.03.